The Hall–Kier alpha value is -2.12. The second-order valence-corrected chi connectivity index (χ2v) is 4.84. The minimum absolute atomic E-state index is 0.0991. The Bertz CT molecular complexity index is 663. The second kappa shape index (κ2) is 5.48. The van der Waals surface area contributed by atoms with Crippen molar-refractivity contribution in [3.05, 3.63) is 43.0 Å². The lowest BCUT2D eigenvalue weighted by Gasteiger charge is -2.18. The predicted molar refractivity (Wildman–Crippen MR) is 68.1 cm³/mol. The van der Waals surface area contributed by atoms with Crippen LogP contribution in [-0.2, 0) is 0 Å². The van der Waals surface area contributed by atoms with Crippen LogP contribution in [0.25, 0.3) is 10.4 Å². The molecular formula is C11H14FN5O3. The summed E-state index contributed by atoms with van der Waals surface area (Å²) < 4.78 is 15.4. The summed E-state index contributed by atoms with van der Waals surface area (Å²) in [5, 5.41) is 12.7. The fraction of sp³-hybridized carbons (Fsp3) is 0.636. The first-order valence-corrected chi connectivity index (χ1v) is 6.10. The number of aromatic nitrogens is 2. The number of aryl methyl sites for hydroxylation is 1. The van der Waals surface area contributed by atoms with E-state index in [2.05, 4.69) is 15.0 Å². The van der Waals surface area contributed by atoms with Crippen molar-refractivity contribution in [1.82, 2.24) is 9.55 Å². The summed E-state index contributed by atoms with van der Waals surface area (Å²) in [5.41, 5.74) is 7.50. The third-order valence-electron chi connectivity index (χ3n) is 3.67. The molecule has 108 valence electrons. The van der Waals surface area contributed by atoms with Crippen molar-refractivity contribution in [2.45, 2.75) is 31.6 Å². The summed E-state index contributed by atoms with van der Waals surface area (Å²) >= 11 is 0. The zero-order valence-corrected chi connectivity index (χ0v) is 10.7. The molecule has 4 atom stereocenters. The van der Waals surface area contributed by atoms with E-state index in [0.29, 0.717) is 0 Å². The molecule has 0 amide bonds. The molecule has 0 unspecified atom stereocenters. The van der Waals surface area contributed by atoms with Crippen LogP contribution in [0.5, 0.6) is 0 Å². The number of H-pyrrole nitrogens is 1. The molecule has 1 saturated carbocycles. The number of hydrogen-bond donors (Lipinski definition) is 2. The smallest absolute Gasteiger partial charge is 0.328 e. The van der Waals surface area contributed by atoms with Gasteiger partial charge in [-0.15, -0.1) is 0 Å². The molecule has 8 nitrogen and oxygen atoms in total. The molecule has 0 spiro atoms. The van der Waals surface area contributed by atoms with Gasteiger partial charge in [0.25, 0.3) is 5.56 Å². The maximum Gasteiger partial charge on any atom is 0.328 e. The van der Waals surface area contributed by atoms with Gasteiger partial charge in [-0.25, -0.2) is 9.18 Å². The van der Waals surface area contributed by atoms with Crippen molar-refractivity contribution in [2.24, 2.45) is 11.0 Å². The molecule has 0 bridgehead atoms. The summed E-state index contributed by atoms with van der Waals surface area (Å²) in [7, 11) is 0. The molecule has 0 aliphatic heterocycles. The van der Waals surface area contributed by atoms with Gasteiger partial charge in [-0.05, 0) is 18.9 Å². The third kappa shape index (κ3) is 2.33. The molecule has 0 aromatic carbocycles. The normalized spacial score (nSPS) is 29.1. The van der Waals surface area contributed by atoms with Crippen molar-refractivity contribution < 1.29 is 9.50 Å². The molecule has 1 fully saturated rings. The van der Waals surface area contributed by atoms with E-state index >= 15 is 0 Å². The first-order chi connectivity index (χ1) is 9.49. The summed E-state index contributed by atoms with van der Waals surface area (Å²) in [6.07, 6.45) is -0.147. The highest BCUT2D eigenvalue weighted by molar-refractivity contribution is 5.06. The van der Waals surface area contributed by atoms with Gasteiger partial charge in [-0.2, -0.15) is 0 Å². The molecule has 1 aliphatic carbocycles. The number of hydrogen-bond acceptors (Lipinski definition) is 4. The van der Waals surface area contributed by atoms with E-state index in [-0.39, 0.29) is 12.0 Å². The van der Waals surface area contributed by atoms with Crippen LogP contribution in [0.1, 0.15) is 18.0 Å². The molecule has 1 aromatic heterocycles. The molecule has 20 heavy (non-hydrogen) atoms. The minimum Gasteiger partial charge on any atom is -0.396 e. The zero-order valence-electron chi connectivity index (χ0n) is 10.7. The van der Waals surface area contributed by atoms with Crippen LogP contribution in [-0.4, -0.2) is 33.5 Å². The van der Waals surface area contributed by atoms with Crippen LogP contribution < -0.4 is 11.2 Å². The Kier molecular flexibility index (Phi) is 3.91. The van der Waals surface area contributed by atoms with Gasteiger partial charge in [0.15, 0.2) is 0 Å². The fourth-order valence-corrected chi connectivity index (χ4v) is 2.57. The van der Waals surface area contributed by atoms with E-state index in [1.54, 1.807) is 0 Å². The standard InChI is InChI=1S/C11H14FN5O3/c1-5-3-17(11(20)14-10(5)19)8-2-7(15-16-13)6(4-18)9(8)12/h3,6-9,18H,2,4H2,1H3,(H,14,19,20)/t6-,7+,8+,9+/m1/s1. The monoisotopic (exact) mass is 283 g/mol. The first-order valence-electron chi connectivity index (χ1n) is 6.10. The lowest BCUT2D eigenvalue weighted by atomic mass is 10.0. The van der Waals surface area contributed by atoms with Gasteiger partial charge in [0, 0.05) is 35.2 Å². The van der Waals surface area contributed by atoms with Crippen molar-refractivity contribution in [3.8, 4) is 0 Å². The van der Waals surface area contributed by atoms with Gasteiger partial charge in [0.1, 0.15) is 6.17 Å². The van der Waals surface area contributed by atoms with Crippen molar-refractivity contribution in [3.63, 3.8) is 0 Å². The van der Waals surface area contributed by atoms with Gasteiger partial charge in [0.05, 0.1) is 6.04 Å². The van der Waals surface area contributed by atoms with Gasteiger partial charge in [-0.3, -0.25) is 14.3 Å². The van der Waals surface area contributed by atoms with Crippen LogP contribution in [0.4, 0.5) is 4.39 Å². The number of aromatic amines is 1. The van der Waals surface area contributed by atoms with Crippen LogP contribution in [0, 0.1) is 12.8 Å². The predicted octanol–water partition coefficient (Wildman–Crippen LogP) is 0.415. The second-order valence-electron chi connectivity index (χ2n) is 4.84. The lowest BCUT2D eigenvalue weighted by molar-refractivity contribution is 0.133. The molecule has 9 heteroatoms. The molecule has 1 aliphatic rings. The Labute approximate surface area is 112 Å². The number of aliphatic hydroxyl groups is 1. The topological polar surface area (TPSA) is 124 Å². The summed E-state index contributed by atoms with van der Waals surface area (Å²) in [6.45, 7) is 1.03. The quantitative estimate of drug-likeness (QED) is 0.474. The maximum absolute atomic E-state index is 14.3. The van der Waals surface area contributed by atoms with Crippen LogP contribution >= 0.6 is 0 Å². The number of nitrogens with zero attached hydrogens (tertiary/aromatic N) is 4. The summed E-state index contributed by atoms with van der Waals surface area (Å²) in [5.74, 6) is -0.852. The number of azide groups is 1. The first kappa shape index (κ1) is 14.3. The largest absolute Gasteiger partial charge is 0.396 e. The molecular weight excluding hydrogens is 269 g/mol. The van der Waals surface area contributed by atoms with E-state index in [1.165, 1.54) is 13.1 Å². The Balaban J connectivity index is 2.44. The number of rotatable bonds is 3. The molecule has 2 N–H and O–H groups in total. The average Bonchev–Trinajstić information content (AvgIpc) is 2.71. The fourth-order valence-electron chi connectivity index (χ4n) is 2.57. The highest BCUT2D eigenvalue weighted by Gasteiger charge is 2.44. The van der Waals surface area contributed by atoms with E-state index in [1.807, 2.05) is 0 Å². The third-order valence-corrected chi connectivity index (χ3v) is 3.67. The van der Waals surface area contributed by atoms with Crippen molar-refractivity contribution in [1.29, 1.82) is 0 Å². The molecule has 2 rings (SSSR count). The van der Waals surface area contributed by atoms with Gasteiger partial charge < -0.3 is 5.11 Å². The highest BCUT2D eigenvalue weighted by atomic mass is 19.1. The van der Waals surface area contributed by atoms with Crippen LogP contribution in [0.15, 0.2) is 20.9 Å². The SMILES string of the molecule is Cc1cn([C@H]2C[C@H](N=[N+]=[N-])[C@@H](CO)[C@@H]2F)c(=O)[nH]c1=O. The lowest BCUT2D eigenvalue weighted by Crippen LogP contribution is -2.36. The van der Waals surface area contributed by atoms with Gasteiger partial charge >= 0.3 is 5.69 Å². The van der Waals surface area contributed by atoms with Crippen molar-refractivity contribution >= 4 is 0 Å². The minimum atomic E-state index is -1.53. The molecule has 0 radical (unpaired) electrons. The highest BCUT2D eigenvalue weighted by Crippen LogP contribution is 2.38. The van der Waals surface area contributed by atoms with Crippen LogP contribution in [0.2, 0.25) is 0 Å². The summed E-state index contributed by atoms with van der Waals surface area (Å²) in [6, 6.07) is -1.59. The van der Waals surface area contributed by atoms with E-state index in [0.717, 1.165) is 4.57 Å². The number of alkyl halides is 1. The Morgan fingerprint density at radius 2 is 2.35 bits per heavy atom. The molecule has 0 saturated heterocycles. The van der Waals surface area contributed by atoms with E-state index < -0.39 is 42.0 Å². The van der Waals surface area contributed by atoms with Crippen LogP contribution in [0.3, 0.4) is 0 Å². The molecule has 1 heterocycles. The van der Waals surface area contributed by atoms with Gasteiger partial charge in [-0.1, -0.05) is 5.11 Å². The van der Waals surface area contributed by atoms with Gasteiger partial charge in [0.2, 0.25) is 0 Å². The number of halogens is 1. The zero-order chi connectivity index (χ0) is 14.9. The Morgan fingerprint density at radius 3 is 2.95 bits per heavy atom. The Morgan fingerprint density at radius 1 is 1.65 bits per heavy atom. The molecule has 1 aromatic rings. The maximum atomic E-state index is 14.3. The number of aliphatic hydroxyl groups excluding tert-OH is 1. The van der Waals surface area contributed by atoms with E-state index in [9.17, 15) is 19.1 Å². The average molecular weight is 283 g/mol. The summed E-state index contributed by atoms with van der Waals surface area (Å²) in [4.78, 5) is 27.8. The number of nitrogens with one attached hydrogen (secondary N) is 1. The van der Waals surface area contributed by atoms with E-state index in [4.69, 9.17) is 5.53 Å². The van der Waals surface area contributed by atoms with Crippen molar-refractivity contribution in [2.75, 3.05) is 6.61 Å².